The van der Waals surface area contributed by atoms with Crippen molar-refractivity contribution in [3.8, 4) is 11.5 Å². The molecular formula is C21H22N2O7. The van der Waals surface area contributed by atoms with Crippen molar-refractivity contribution in [3.05, 3.63) is 23.8 Å². The van der Waals surface area contributed by atoms with Gasteiger partial charge in [0, 0.05) is 12.5 Å². The van der Waals surface area contributed by atoms with Crippen LogP contribution in [0.25, 0.3) is 0 Å². The van der Waals surface area contributed by atoms with Gasteiger partial charge in [-0.2, -0.15) is 0 Å². The van der Waals surface area contributed by atoms with E-state index in [9.17, 15) is 19.5 Å². The SMILES string of the molecule is COc1ccc(CCN2C(=O)[C@@H]3[C@@H]4C[C@H]([C@H]5ON=C(C(=O)O)[C@H]45)[C@@H]3C2=O)cc1OC. The summed E-state index contributed by atoms with van der Waals surface area (Å²) in [5.74, 6) is -1.96. The van der Waals surface area contributed by atoms with Crippen LogP contribution in [0.5, 0.6) is 11.5 Å². The molecule has 2 bridgehead atoms. The molecule has 6 atom stereocenters. The second-order valence-corrected chi connectivity index (χ2v) is 8.26. The molecule has 2 heterocycles. The first-order chi connectivity index (χ1) is 14.5. The van der Waals surface area contributed by atoms with Gasteiger partial charge in [0.1, 0.15) is 6.10 Å². The average molecular weight is 414 g/mol. The third-order valence-electron chi connectivity index (χ3n) is 7.07. The monoisotopic (exact) mass is 414 g/mol. The van der Waals surface area contributed by atoms with Crippen LogP contribution in [0.3, 0.4) is 0 Å². The summed E-state index contributed by atoms with van der Waals surface area (Å²) in [5, 5.41) is 13.1. The molecule has 2 aliphatic carbocycles. The highest BCUT2D eigenvalue weighted by molar-refractivity contribution is 6.37. The summed E-state index contributed by atoms with van der Waals surface area (Å²) in [5.41, 5.74) is 0.906. The van der Waals surface area contributed by atoms with E-state index in [1.165, 1.54) is 4.90 Å². The van der Waals surface area contributed by atoms with Gasteiger partial charge in [-0.1, -0.05) is 11.2 Å². The molecule has 1 aromatic rings. The van der Waals surface area contributed by atoms with Crippen LogP contribution in [0.1, 0.15) is 12.0 Å². The molecule has 1 aromatic carbocycles. The Morgan fingerprint density at radius 1 is 1.13 bits per heavy atom. The van der Waals surface area contributed by atoms with Gasteiger partial charge in [0.05, 0.1) is 32.0 Å². The van der Waals surface area contributed by atoms with Crippen molar-refractivity contribution in [1.82, 2.24) is 4.90 Å². The number of likely N-dealkylation sites (tertiary alicyclic amines) is 1. The van der Waals surface area contributed by atoms with Crippen molar-refractivity contribution in [2.24, 2.45) is 34.7 Å². The fourth-order valence-corrected chi connectivity index (χ4v) is 5.86. The van der Waals surface area contributed by atoms with Gasteiger partial charge >= 0.3 is 5.97 Å². The fraction of sp³-hybridized carbons (Fsp3) is 0.524. The van der Waals surface area contributed by atoms with Crippen LogP contribution in [0.4, 0.5) is 0 Å². The molecule has 2 amide bonds. The number of amides is 2. The molecule has 0 unspecified atom stereocenters. The molecule has 5 rings (SSSR count). The van der Waals surface area contributed by atoms with Gasteiger partial charge in [-0.3, -0.25) is 14.5 Å². The first kappa shape index (κ1) is 18.9. The van der Waals surface area contributed by atoms with Gasteiger partial charge in [0.2, 0.25) is 11.8 Å². The minimum Gasteiger partial charge on any atom is -0.493 e. The number of fused-ring (bicyclic) bond motifs is 8. The lowest BCUT2D eigenvalue weighted by atomic mass is 9.72. The number of hydrogen-bond donors (Lipinski definition) is 1. The maximum absolute atomic E-state index is 13.1. The highest BCUT2D eigenvalue weighted by Crippen LogP contribution is 2.61. The van der Waals surface area contributed by atoms with E-state index >= 15 is 0 Å². The Balaban J connectivity index is 1.33. The summed E-state index contributed by atoms with van der Waals surface area (Å²) >= 11 is 0. The molecule has 3 fully saturated rings. The molecule has 0 radical (unpaired) electrons. The van der Waals surface area contributed by atoms with Crippen LogP contribution in [-0.4, -0.2) is 60.4 Å². The number of hydrogen-bond acceptors (Lipinski definition) is 7. The molecule has 1 N–H and O–H groups in total. The number of rotatable bonds is 6. The van der Waals surface area contributed by atoms with Crippen LogP contribution in [0.15, 0.2) is 23.4 Å². The van der Waals surface area contributed by atoms with Crippen molar-refractivity contribution in [1.29, 1.82) is 0 Å². The van der Waals surface area contributed by atoms with Gasteiger partial charge in [-0.05, 0) is 36.5 Å². The van der Waals surface area contributed by atoms with E-state index in [0.29, 0.717) is 24.3 Å². The summed E-state index contributed by atoms with van der Waals surface area (Å²) in [6, 6.07) is 5.51. The topological polar surface area (TPSA) is 115 Å². The molecule has 9 nitrogen and oxygen atoms in total. The first-order valence-corrected chi connectivity index (χ1v) is 9.99. The number of aliphatic carboxylic acids is 1. The van der Waals surface area contributed by atoms with Crippen molar-refractivity contribution in [3.63, 3.8) is 0 Å². The number of methoxy groups -OCH3 is 2. The van der Waals surface area contributed by atoms with Crippen LogP contribution >= 0.6 is 0 Å². The third-order valence-corrected chi connectivity index (χ3v) is 7.07. The number of nitrogens with zero attached hydrogens (tertiary/aromatic N) is 2. The lowest BCUT2D eigenvalue weighted by Crippen LogP contribution is -2.42. The second kappa shape index (κ2) is 6.72. The third kappa shape index (κ3) is 2.47. The zero-order valence-corrected chi connectivity index (χ0v) is 16.6. The smallest absolute Gasteiger partial charge is 0.354 e. The molecule has 4 aliphatic rings. The number of carbonyl (C=O) groups is 3. The molecule has 2 aliphatic heterocycles. The Morgan fingerprint density at radius 2 is 1.83 bits per heavy atom. The largest absolute Gasteiger partial charge is 0.493 e. The molecule has 0 aromatic heterocycles. The number of ether oxygens (including phenoxy) is 2. The lowest BCUT2D eigenvalue weighted by Gasteiger charge is -2.29. The van der Waals surface area contributed by atoms with Crippen molar-refractivity contribution in [2.45, 2.75) is 18.9 Å². The zero-order valence-electron chi connectivity index (χ0n) is 16.6. The number of carbonyl (C=O) groups excluding carboxylic acids is 2. The van der Waals surface area contributed by atoms with Gasteiger partial charge in [0.15, 0.2) is 17.2 Å². The van der Waals surface area contributed by atoms with Crippen LogP contribution < -0.4 is 9.47 Å². The first-order valence-electron chi connectivity index (χ1n) is 9.99. The zero-order chi connectivity index (χ0) is 21.2. The van der Waals surface area contributed by atoms with E-state index in [1.807, 2.05) is 12.1 Å². The Morgan fingerprint density at radius 3 is 2.50 bits per heavy atom. The quantitative estimate of drug-likeness (QED) is 0.689. The maximum atomic E-state index is 13.1. The summed E-state index contributed by atoms with van der Waals surface area (Å²) in [6.07, 6.45) is 0.723. The van der Waals surface area contributed by atoms with Crippen molar-refractivity contribution in [2.75, 3.05) is 20.8 Å². The second-order valence-electron chi connectivity index (χ2n) is 8.26. The van der Waals surface area contributed by atoms with Gasteiger partial charge in [-0.25, -0.2) is 4.79 Å². The highest BCUT2D eigenvalue weighted by Gasteiger charge is 2.70. The number of imide groups is 1. The Bertz CT molecular complexity index is 974. The van der Waals surface area contributed by atoms with Gasteiger partial charge in [0.25, 0.3) is 0 Å². The van der Waals surface area contributed by atoms with Crippen LogP contribution in [0.2, 0.25) is 0 Å². The van der Waals surface area contributed by atoms with E-state index in [-0.39, 0.29) is 35.9 Å². The summed E-state index contributed by atoms with van der Waals surface area (Å²) in [6.45, 7) is 0.273. The summed E-state index contributed by atoms with van der Waals surface area (Å²) in [4.78, 5) is 44.4. The standard InChI is InChI=1S/C21H22N2O7/c1-28-12-4-3-9(7-13(12)29-2)5-6-23-19(24)14-10-8-11(15(14)20(23)25)18-16(10)17(21(26)27)22-30-18/h3-4,7,10-11,14-16,18H,5-6,8H2,1-2H3,(H,26,27)/t10-,11-,14+,15-,16-,18+/m0/s1. The highest BCUT2D eigenvalue weighted by atomic mass is 16.6. The molecule has 158 valence electrons. The predicted molar refractivity (Wildman–Crippen MR) is 102 cm³/mol. The number of carboxylic acids is 1. The van der Waals surface area contributed by atoms with Crippen LogP contribution in [-0.2, 0) is 25.6 Å². The number of carboxylic acid groups (broad SMARTS) is 1. The predicted octanol–water partition coefficient (Wildman–Crippen LogP) is 0.953. The molecular weight excluding hydrogens is 392 g/mol. The normalized spacial score (nSPS) is 33.3. The molecule has 9 heteroatoms. The van der Waals surface area contributed by atoms with Crippen molar-refractivity contribution >= 4 is 23.5 Å². The van der Waals surface area contributed by atoms with Gasteiger partial charge in [-0.15, -0.1) is 0 Å². The Kier molecular flexibility index (Phi) is 4.23. The van der Waals surface area contributed by atoms with Gasteiger partial charge < -0.3 is 19.4 Å². The summed E-state index contributed by atoms with van der Waals surface area (Å²) < 4.78 is 10.6. The van der Waals surface area contributed by atoms with E-state index in [4.69, 9.17) is 14.3 Å². The van der Waals surface area contributed by atoms with E-state index < -0.39 is 29.8 Å². The lowest BCUT2D eigenvalue weighted by molar-refractivity contribution is -0.141. The van der Waals surface area contributed by atoms with E-state index in [2.05, 4.69) is 5.16 Å². The van der Waals surface area contributed by atoms with Crippen molar-refractivity contribution < 1.29 is 33.8 Å². The number of oxime groups is 1. The fourth-order valence-electron chi connectivity index (χ4n) is 5.86. The molecule has 30 heavy (non-hydrogen) atoms. The van der Waals surface area contributed by atoms with E-state index in [0.717, 1.165) is 5.56 Å². The van der Waals surface area contributed by atoms with Crippen LogP contribution in [0, 0.1) is 29.6 Å². The summed E-state index contributed by atoms with van der Waals surface area (Å²) in [7, 11) is 3.12. The minimum absolute atomic E-state index is 0.0185. The molecule has 0 spiro atoms. The molecule has 1 saturated heterocycles. The number of benzene rings is 1. The Labute approximate surface area is 172 Å². The van der Waals surface area contributed by atoms with E-state index in [1.54, 1.807) is 20.3 Å². The molecule has 2 saturated carbocycles. The Hall–Kier alpha value is -3.10. The minimum atomic E-state index is -1.12. The average Bonchev–Trinajstić information content (AvgIpc) is 3.47. The maximum Gasteiger partial charge on any atom is 0.354 e.